The van der Waals surface area contributed by atoms with Gasteiger partial charge in [-0.15, -0.1) is 0 Å². The van der Waals surface area contributed by atoms with Crippen LogP contribution in [0.2, 0.25) is 5.02 Å². The molecule has 0 spiro atoms. The van der Waals surface area contributed by atoms with E-state index in [0.717, 1.165) is 5.69 Å². The van der Waals surface area contributed by atoms with Crippen molar-refractivity contribution in [2.45, 2.75) is 0 Å². The van der Waals surface area contributed by atoms with Crippen molar-refractivity contribution in [2.75, 3.05) is 25.2 Å². The van der Waals surface area contributed by atoms with Crippen LogP contribution in [0.4, 0.5) is 5.69 Å². The molecule has 1 heterocycles. The Morgan fingerprint density at radius 2 is 2.10 bits per heavy atom. The fourth-order valence-electron chi connectivity index (χ4n) is 2.37. The van der Waals surface area contributed by atoms with E-state index >= 15 is 0 Å². The van der Waals surface area contributed by atoms with Crippen LogP contribution in [-0.4, -0.2) is 26.2 Å². The summed E-state index contributed by atoms with van der Waals surface area (Å²) in [7, 11) is 1.53. The third-order valence-corrected chi connectivity index (χ3v) is 3.60. The summed E-state index contributed by atoms with van der Waals surface area (Å²) in [5.74, 6) is 1.07. The molecule has 1 aliphatic rings. The van der Waals surface area contributed by atoms with Crippen LogP contribution in [0.5, 0.6) is 11.5 Å². The van der Waals surface area contributed by atoms with Crippen molar-refractivity contribution >= 4 is 23.2 Å². The van der Waals surface area contributed by atoms with Gasteiger partial charge in [-0.2, -0.15) is 0 Å². The molecule has 21 heavy (non-hydrogen) atoms. The van der Waals surface area contributed by atoms with E-state index in [-0.39, 0.29) is 5.91 Å². The van der Waals surface area contributed by atoms with E-state index in [1.807, 2.05) is 24.3 Å². The van der Waals surface area contributed by atoms with Crippen molar-refractivity contribution in [1.29, 1.82) is 0 Å². The molecule has 0 bridgehead atoms. The fraction of sp³-hybridized carbons (Fsp3) is 0.188. The zero-order valence-electron chi connectivity index (χ0n) is 11.5. The number of amides is 1. The first kappa shape index (κ1) is 13.8. The lowest BCUT2D eigenvalue weighted by Crippen LogP contribution is -2.38. The number of carbonyl (C=O) groups is 1. The molecule has 3 rings (SSSR count). The number of nitrogens with zero attached hydrogens (tertiary/aromatic N) is 1. The largest absolute Gasteiger partial charge is 0.496 e. The van der Waals surface area contributed by atoms with E-state index in [9.17, 15) is 4.79 Å². The minimum absolute atomic E-state index is 0.148. The molecule has 0 aromatic heterocycles. The first-order valence-corrected chi connectivity index (χ1v) is 6.96. The van der Waals surface area contributed by atoms with Crippen LogP contribution in [-0.2, 0) is 0 Å². The number of methoxy groups -OCH3 is 1. The standard InChI is InChI=1S/C16H14ClNO3/c1-20-14-7-6-11(17)10-12(14)16(19)18-8-9-21-15-5-3-2-4-13(15)18/h2-7,10H,8-9H2,1H3. The number of hydrogen-bond acceptors (Lipinski definition) is 3. The van der Waals surface area contributed by atoms with Crippen molar-refractivity contribution < 1.29 is 14.3 Å². The first-order valence-electron chi connectivity index (χ1n) is 6.58. The van der Waals surface area contributed by atoms with Gasteiger partial charge in [0.2, 0.25) is 0 Å². The van der Waals surface area contributed by atoms with Gasteiger partial charge in [0.25, 0.3) is 5.91 Å². The molecule has 1 amide bonds. The van der Waals surface area contributed by atoms with E-state index in [0.29, 0.717) is 35.2 Å². The van der Waals surface area contributed by atoms with Crippen LogP contribution in [0, 0.1) is 0 Å². The van der Waals surface area contributed by atoms with Gasteiger partial charge in [-0.25, -0.2) is 0 Å². The molecule has 2 aromatic carbocycles. The van der Waals surface area contributed by atoms with Crippen LogP contribution in [0.1, 0.15) is 10.4 Å². The number of carbonyl (C=O) groups excluding carboxylic acids is 1. The lowest BCUT2D eigenvalue weighted by Gasteiger charge is -2.29. The van der Waals surface area contributed by atoms with Gasteiger partial charge >= 0.3 is 0 Å². The normalized spacial score (nSPS) is 13.3. The summed E-state index contributed by atoms with van der Waals surface area (Å²) in [5.41, 5.74) is 1.21. The van der Waals surface area contributed by atoms with Gasteiger partial charge < -0.3 is 14.4 Å². The summed E-state index contributed by atoms with van der Waals surface area (Å²) in [5, 5.41) is 0.501. The van der Waals surface area contributed by atoms with Crippen molar-refractivity contribution in [1.82, 2.24) is 0 Å². The number of para-hydroxylation sites is 2. The van der Waals surface area contributed by atoms with Gasteiger partial charge in [-0.1, -0.05) is 23.7 Å². The second kappa shape index (κ2) is 5.66. The molecule has 4 nitrogen and oxygen atoms in total. The van der Waals surface area contributed by atoms with Gasteiger partial charge in [-0.05, 0) is 30.3 Å². The number of rotatable bonds is 2. The molecule has 5 heteroatoms. The number of halogens is 1. The minimum Gasteiger partial charge on any atom is -0.496 e. The zero-order valence-corrected chi connectivity index (χ0v) is 12.3. The topological polar surface area (TPSA) is 38.8 Å². The van der Waals surface area contributed by atoms with E-state index in [2.05, 4.69) is 0 Å². The van der Waals surface area contributed by atoms with E-state index in [1.54, 1.807) is 23.1 Å². The smallest absolute Gasteiger partial charge is 0.262 e. The third kappa shape index (κ3) is 2.54. The maximum atomic E-state index is 12.8. The molecule has 0 saturated carbocycles. The molecule has 0 fully saturated rings. The molecular weight excluding hydrogens is 290 g/mol. The number of fused-ring (bicyclic) bond motifs is 1. The van der Waals surface area contributed by atoms with E-state index in [4.69, 9.17) is 21.1 Å². The van der Waals surface area contributed by atoms with E-state index in [1.165, 1.54) is 7.11 Å². The SMILES string of the molecule is COc1ccc(Cl)cc1C(=O)N1CCOc2ccccc21. The lowest BCUT2D eigenvalue weighted by atomic mass is 10.1. The Kier molecular flexibility index (Phi) is 3.71. The van der Waals surface area contributed by atoms with Crippen molar-refractivity contribution in [2.24, 2.45) is 0 Å². The molecule has 0 aliphatic carbocycles. The molecule has 0 atom stereocenters. The molecule has 2 aromatic rings. The maximum Gasteiger partial charge on any atom is 0.262 e. The predicted molar refractivity (Wildman–Crippen MR) is 81.6 cm³/mol. The Morgan fingerprint density at radius 3 is 2.90 bits per heavy atom. The molecule has 1 aliphatic heterocycles. The van der Waals surface area contributed by atoms with Crippen LogP contribution < -0.4 is 14.4 Å². The van der Waals surface area contributed by atoms with Crippen molar-refractivity contribution in [3.05, 3.63) is 53.1 Å². The molecule has 0 radical (unpaired) electrons. The Bertz CT molecular complexity index is 687. The molecule has 108 valence electrons. The van der Waals surface area contributed by atoms with Gasteiger partial charge in [0, 0.05) is 5.02 Å². The molecule has 0 saturated heterocycles. The van der Waals surface area contributed by atoms with E-state index < -0.39 is 0 Å². The third-order valence-electron chi connectivity index (χ3n) is 3.37. The average molecular weight is 304 g/mol. The highest BCUT2D eigenvalue weighted by Crippen LogP contribution is 2.33. The van der Waals surface area contributed by atoms with Crippen molar-refractivity contribution in [3.63, 3.8) is 0 Å². The fourth-order valence-corrected chi connectivity index (χ4v) is 2.55. The maximum absolute atomic E-state index is 12.8. The molecule has 0 unspecified atom stereocenters. The highest BCUT2D eigenvalue weighted by Gasteiger charge is 2.26. The Hall–Kier alpha value is -2.20. The predicted octanol–water partition coefficient (Wildman–Crippen LogP) is 3.39. The summed E-state index contributed by atoms with van der Waals surface area (Å²) in [4.78, 5) is 14.5. The number of ether oxygens (including phenoxy) is 2. The van der Waals surface area contributed by atoms with Gasteiger partial charge in [0.05, 0.1) is 24.9 Å². The summed E-state index contributed by atoms with van der Waals surface area (Å²) in [6, 6.07) is 12.5. The summed E-state index contributed by atoms with van der Waals surface area (Å²) in [6.45, 7) is 0.956. The summed E-state index contributed by atoms with van der Waals surface area (Å²) < 4.78 is 10.8. The van der Waals surface area contributed by atoms with Gasteiger partial charge in [-0.3, -0.25) is 4.79 Å². The Labute approximate surface area is 127 Å². The van der Waals surface area contributed by atoms with Crippen LogP contribution in [0.15, 0.2) is 42.5 Å². The van der Waals surface area contributed by atoms with Gasteiger partial charge in [0.1, 0.15) is 18.1 Å². The number of anilines is 1. The monoisotopic (exact) mass is 303 g/mol. The quantitative estimate of drug-likeness (QED) is 0.853. The zero-order chi connectivity index (χ0) is 14.8. The highest BCUT2D eigenvalue weighted by molar-refractivity contribution is 6.31. The second-order valence-electron chi connectivity index (χ2n) is 4.62. The summed E-state index contributed by atoms with van der Waals surface area (Å²) >= 11 is 6.01. The average Bonchev–Trinajstić information content (AvgIpc) is 2.53. The minimum atomic E-state index is -0.148. The summed E-state index contributed by atoms with van der Waals surface area (Å²) in [6.07, 6.45) is 0. The Balaban J connectivity index is 2.02. The van der Waals surface area contributed by atoms with Crippen LogP contribution in [0.25, 0.3) is 0 Å². The number of benzene rings is 2. The highest BCUT2D eigenvalue weighted by atomic mass is 35.5. The van der Waals surface area contributed by atoms with Crippen LogP contribution in [0.3, 0.4) is 0 Å². The molecule has 0 N–H and O–H groups in total. The van der Waals surface area contributed by atoms with Crippen molar-refractivity contribution in [3.8, 4) is 11.5 Å². The first-order chi connectivity index (χ1) is 10.2. The molecular formula is C16H14ClNO3. The van der Waals surface area contributed by atoms with Gasteiger partial charge in [0.15, 0.2) is 0 Å². The lowest BCUT2D eigenvalue weighted by molar-refractivity contribution is 0.0973. The van der Waals surface area contributed by atoms with Crippen LogP contribution >= 0.6 is 11.6 Å². The Morgan fingerprint density at radius 1 is 1.29 bits per heavy atom. The second-order valence-corrected chi connectivity index (χ2v) is 5.05. The number of hydrogen-bond donors (Lipinski definition) is 0.